The zero-order chi connectivity index (χ0) is 14.1. The number of pyridine rings is 1. The van der Waals surface area contributed by atoms with Gasteiger partial charge in [-0.05, 0) is 31.9 Å². The van der Waals surface area contributed by atoms with Crippen molar-refractivity contribution in [3.63, 3.8) is 0 Å². The Morgan fingerprint density at radius 3 is 2.70 bits per heavy atom. The van der Waals surface area contributed by atoms with Crippen molar-refractivity contribution in [2.75, 3.05) is 18.0 Å². The number of hydrogen-bond acceptors (Lipinski definition) is 3. The van der Waals surface area contributed by atoms with E-state index in [1.807, 2.05) is 13.0 Å². The van der Waals surface area contributed by atoms with Gasteiger partial charge in [0.2, 0.25) is 0 Å². The average molecular weight is 268 g/mol. The van der Waals surface area contributed by atoms with Crippen LogP contribution in [0.5, 0.6) is 0 Å². The van der Waals surface area contributed by atoms with Crippen LogP contribution in [0.25, 0.3) is 10.9 Å². The van der Waals surface area contributed by atoms with Gasteiger partial charge in [-0.25, -0.2) is 0 Å². The molecule has 0 radical (unpaired) electrons. The Morgan fingerprint density at radius 1 is 1.30 bits per heavy atom. The molecule has 0 atom stereocenters. The zero-order valence-corrected chi connectivity index (χ0v) is 11.8. The Bertz CT molecular complexity index is 642. The fourth-order valence-electron chi connectivity index (χ4n) is 2.98. The van der Waals surface area contributed by atoms with Crippen molar-refractivity contribution < 1.29 is 0 Å². The van der Waals surface area contributed by atoms with Gasteiger partial charge in [-0.15, -0.1) is 0 Å². The molecule has 3 rings (SSSR count). The fraction of sp³-hybridized carbons (Fsp3) is 0.375. The van der Waals surface area contributed by atoms with Gasteiger partial charge in [0, 0.05) is 35.8 Å². The molecule has 3 N–H and O–H groups in total. The molecule has 0 amide bonds. The van der Waals surface area contributed by atoms with Crippen LogP contribution in [0, 0.1) is 18.3 Å². The van der Waals surface area contributed by atoms with Crippen LogP contribution in [-0.2, 0) is 0 Å². The Kier molecular flexibility index (Phi) is 3.30. The molecule has 2 aromatic rings. The topological polar surface area (TPSA) is 66.0 Å². The molecule has 1 aliphatic heterocycles. The molecule has 1 aliphatic rings. The number of amidine groups is 1. The number of para-hydroxylation sites is 1. The summed E-state index contributed by atoms with van der Waals surface area (Å²) in [5.41, 5.74) is 8.98. The van der Waals surface area contributed by atoms with Crippen LogP contribution in [0.2, 0.25) is 0 Å². The molecule has 104 valence electrons. The quantitative estimate of drug-likeness (QED) is 0.650. The van der Waals surface area contributed by atoms with Gasteiger partial charge in [0.05, 0.1) is 11.4 Å². The summed E-state index contributed by atoms with van der Waals surface area (Å²) in [5.74, 6) is 0.584. The van der Waals surface area contributed by atoms with Gasteiger partial charge in [0.15, 0.2) is 0 Å². The SMILES string of the molecule is Cc1cc(N2CCC(C(=N)N)CC2)c2ccccc2n1. The van der Waals surface area contributed by atoms with E-state index in [1.165, 1.54) is 11.1 Å². The van der Waals surface area contributed by atoms with E-state index in [0.717, 1.165) is 37.1 Å². The number of anilines is 1. The first-order valence-corrected chi connectivity index (χ1v) is 7.10. The maximum absolute atomic E-state index is 7.57. The summed E-state index contributed by atoms with van der Waals surface area (Å²) in [6, 6.07) is 10.4. The van der Waals surface area contributed by atoms with Crippen molar-refractivity contribution >= 4 is 22.4 Å². The first kappa shape index (κ1) is 12.9. The van der Waals surface area contributed by atoms with Crippen molar-refractivity contribution in [3.05, 3.63) is 36.0 Å². The molecule has 1 fully saturated rings. The van der Waals surface area contributed by atoms with E-state index in [9.17, 15) is 0 Å². The van der Waals surface area contributed by atoms with E-state index in [-0.39, 0.29) is 5.92 Å². The molecule has 4 nitrogen and oxygen atoms in total. The van der Waals surface area contributed by atoms with E-state index < -0.39 is 0 Å². The number of nitrogens with two attached hydrogens (primary N) is 1. The highest BCUT2D eigenvalue weighted by Crippen LogP contribution is 2.30. The number of benzene rings is 1. The number of nitrogens with one attached hydrogen (secondary N) is 1. The number of hydrogen-bond donors (Lipinski definition) is 2. The molecule has 1 aromatic heterocycles. The minimum absolute atomic E-state index is 0.250. The third kappa shape index (κ3) is 2.33. The van der Waals surface area contributed by atoms with Crippen LogP contribution in [0.1, 0.15) is 18.5 Å². The lowest BCUT2D eigenvalue weighted by atomic mass is 9.95. The van der Waals surface area contributed by atoms with Crippen molar-refractivity contribution in [1.82, 2.24) is 4.98 Å². The van der Waals surface area contributed by atoms with Gasteiger partial charge in [0.1, 0.15) is 0 Å². The summed E-state index contributed by atoms with van der Waals surface area (Å²) < 4.78 is 0. The predicted molar refractivity (Wildman–Crippen MR) is 83.3 cm³/mol. The zero-order valence-electron chi connectivity index (χ0n) is 11.8. The minimum Gasteiger partial charge on any atom is -0.387 e. The van der Waals surface area contributed by atoms with Crippen LogP contribution in [0.15, 0.2) is 30.3 Å². The van der Waals surface area contributed by atoms with Crippen molar-refractivity contribution in [2.24, 2.45) is 11.7 Å². The molecule has 0 unspecified atom stereocenters. The van der Waals surface area contributed by atoms with Gasteiger partial charge in [-0.2, -0.15) is 0 Å². The third-order valence-corrected chi connectivity index (χ3v) is 4.10. The van der Waals surface area contributed by atoms with Crippen molar-refractivity contribution in [3.8, 4) is 0 Å². The van der Waals surface area contributed by atoms with Gasteiger partial charge in [-0.3, -0.25) is 10.4 Å². The highest BCUT2D eigenvalue weighted by Gasteiger charge is 2.22. The van der Waals surface area contributed by atoms with Crippen LogP contribution >= 0.6 is 0 Å². The van der Waals surface area contributed by atoms with E-state index in [0.29, 0.717) is 5.84 Å². The second-order valence-electron chi connectivity index (χ2n) is 5.52. The smallest absolute Gasteiger partial charge is 0.0938 e. The molecule has 0 saturated carbocycles. The first-order valence-electron chi connectivity index (χ1n) is 7.10. The molecule has 1 saturated heterocycles. The molecule has 4 heteroatoms. The number of aromatic nitrogens is 1. The van der Waals surface area contributed by atoms with E-state index in [4.69, 9.17) is 11.1 Å². The Morgan fingerprint density at radius 2 is 2.00 bits per heavy atom. The van der Waals surface area contributed by atoms with Gasteiger partial charge in [0.25, 0.3) is 0 Å². The molecule has 0 bridgehead atoms. The van der Waals surface area contributed by atoms with Gasteiger partial charge in [-0.1, -0.05) is 18.2 Å². The number of nitrogens with zero attached hydrogens (tertiary/aromatic N) is 2. The van der Waals surface area contributed by atoms with Crippen molar-refractivity contribution in [1.29, 1.82) is 5.41 Å². The van der Waals surface area contributed by atoms with Crippen LogP contribution in [0.4, 0.5) is 5.69 Å². The lowest BCUT2D eigenvalue weighted by molar-refractivity contribution is 0.498. The molecule has 0 spiro atoms. The molecule has 20 heavy (non-hydrogen) atoms. The first-order chi connectivity index (χ1) is 9.65. The largest absolute Gasteiger partial charge is 0.387 e. The van der Waals surface area contributed by atoms with Crippen LogP contribution in [-0.4, -0.2) is 23.9 Å². The lowest BCUT2D eigenvalue weighted by Crippen LogP contribution is -2.38. The summed E-state index contributed by atoms with van der Waals surface area (Å²) >= 11 is 0. The molecular weight excluding hydrogens is 248 g/mol. The second-order valence-corrected chi connectivity index (χ2v) is 5.52. The minimum atomic E-state index is 0.250. The van der Waals surface area contributed by atoms with Crippen LogP contribution in [0.3, 0.4) is 0 Å². The molecule has 0 aliphatic carbocycles. The summed E-state index contributed by atoms with van der Waals surface area (Å²) in [7, 11) is 0. The highest BCUT2D eigenvalue weighted by molar-refractivity contribution is 5.92. The normalized spacial score (nSPS) is 16.6. The fourth-order valence-corrected chi connectivity index (χ4v) is 2.98. The summed E-state index contributed by atoms with van der Waals surface area (Å²) in [6.45, 7) is 3.95. The lowest BCUT2D eigenvalue weighted by Gasteiger charge is -2.33. The van der Waals surface area contributed by atoms with E-state index in [1.54, 1.807) is 0 Å². The second kappa shape index (κ2) is 5.12. The summed E-state index contributed by atoms with van der Waals surface area (Å²) in [6.07, 6.45) is 1.93. The maximum atomic E-state index is 7.57. The van der Waals surface area contributed by atoms with E-state index >= 15 is 0 Å². The Hall–Kier alpha value is -2.10. The van der Waals surface area contributed by atoms with Crippen molar-refractivity contribution in [2.45, 2.75) is 19.8 Å². The van der Waals surface area contributed by atoms with Gasteiger partial charge >= 0.3 is 0 Å². The monoisotopic (exact) mass is 268 g/mol. The Labute approximate surface area is 119 Å². The third-order valence-electron chi connectivity index (χ3n) is 4.10. The predicted octanol–water partition coefficient (Wildman–Crippen LogP) is 2.70. The molecular formula is C16H20N4. The van der Waals surface area contributed by atoms with Crippen LogP contribution < -0.4 is 10.6 Å². The van der Waals surface area contributed by atoms with Gasteiger partial charge < -0.3 is 10.6 Å². The molecule has 2 heterocycles. The highest BCUT2D eigenvalue weighted by atomic mass is 15.1. The number of aryl methyl sites for hydroxylation is 1. The Balaban J connectivity index is 1.93. The average Bonchev–Trinajstić information content (AvgIpc) is 2.46. The maximum Gasteiger partial charge on any atom is 0.0938 e. The standard InChI is InChI=1S/C16H20N4/c1-11-10-15(13-4-2-3-5-14(13)19-11)20-8-6-12(7-9-20)16(17)18/h2-5,10,12H,6-9H2,1H3,(H3,17,18). The summed E-state index contributed by atoms with van der Waals surface area (Å²) in [4.78, 5) is 6.99. The number of fused-ring (bicyclic) bond motifs is 1. The number of piperidine rings is 1. The number of rotatable bonds is 2. The molecule has 1 aromatic carbocycles. The van der Waals surface area contributed by atoms with E-state index in [2.05, 4.69) is 34.1 Å². The summed E-state index contributed by atoms with van der Waals surface area (Å²) in [5, 5.41) is 8.78.